The molecule has 0 aliphatic carbocycles. The van der Waals surface area contributed by atoms with Crippen LogP contribution in [0, 0.1) is 18.3 Å². The summed E-state index contributed by atoms with van der Waals surface area (Å²) < 4.78 is 5.29. The van der Waals surface area contributed by atoms with Gasteiger partial charge in [0.2, 0.25) is 0 Å². The van der Waals surface area contributed by atoms with E-state index in [9.17, 15) is 10.1 Å². The van der Waals surface area contributed by atoms with Crippen LogP contribution in [0.1, 0.15) is 29.7 Å². The summed E-state index contributed by atoms with van der Waals surface area (Å²) in [5, 5.41) is 12.2. The second-order valence-corrected chi connectivity index (χ2v) is 5.52. The maximum absolute atomic E-state index is 12.4. The van der Waals surface area contributed by atoms with E-state index >= 15 is 0 Å². The zero-order valence-electron chi connectivity index (χ0n) is 14.0. The number of methoxy groups -OCH3 is 1. The van der Waals surface area contributed by atoms with Crippen molar-refractivity contribution in [2.24, 2.45) is 0 Å². The van der Waals surface area contributed by atoms with Gasteiger partial charge in [-0.05, 0) is 37.6 Å². The van der Waals surface area contributed by atoms with Gasteiger partial charge in [-0.3, -0.25) is 4.79 Å². The predicted molar refractivity (Wildman–Crippen MR) is 94.3 cm³/mol. The van der Waals surface area contributed by atoms with E-state index in [4.69, 9.17) is 4.74 Å². The van der Waals surface area contributed by atoms with Crippen molar-refractivity contribution in [2.75, 3.05) is 7.11 Å². The molecule has 1 amide bonds. The van der Waals surface area contributed by atoms with Crippen LogP contribution in [0.15, 0.2) is 54.1 Å². The molecule has 24 heavy (non-hydrogen) atoms. The molecule has 122 valence electrons. The standard InChI is InChI=1S/C20H20N2O2/c1-14-9-10-19(24-3)17(11-14)12-18(13-21)20(23)22-15(2)16-7-5-4-6-8-16/h4-12,15H,1-3H3,(H,22,23)/b18-12+. The van der Waals surface area contributed by atoms with Crippen LogP contribution in [0.2, 0.25) is 0 Å². The molecule has 0 fully saturated rings. The van der Waals surface area contributed by atoms with Crippen molar-refractivity contribution < 1.29 is 9.53 Å². The van der Waals surface area contributed by atoms with E-state index in [0.717, 1.165) is 11.1 Å². The first-order chi connectivity index (χ1) is 11.5. The molecule has 0 radical (unpaired) electrons. The number of aryl methyl sites for hydroxylation is 1. The summed E-state index contributed by atoms with van der Waals surface area (Å²) in [6.07, 6.45) is 1.55. The molecule has 0 spiro atoms. The number of rotatable bonds is 5. The summed E-state index contributed by atoms with van der Waals surface area (Å²) in [7, 11) is 1.56. The van der Waals surface area contributed by atoms with Crippen molar-refractivity contribution in [2.45, 2.75) is 19.9 Å². The lowest BCUT2D eigenvalue weighted by Crippen LogP contribution is -2.27. The number of carbonyl (C=O) groups is 1. The van der Waals surface area contributed by atoms with Gasteiger partial charge in [0, 0.05) is 5.56 Å². The molecule has 1 atom stereocenters. The van der Waals surface area contributed by atoms with Crippen LogP contribution in [0.3, 0.4) is 0 Å². The number of nitriles is 1. The van der Waals surface area contributed by atoms with Crippen molar-refractivity contribution in [3.8, 4) is 11.8 Å². The van der Waals surface area contributed by atoms with Crippen LogP contribution in [0.5, 0.6) is 5.75 Å². The van der Waals surface area contributed by atoms with Crippen molar-refractivity contribution in [3.05, 3.63) is 70.8 Å². The molecule has 1 unspecified atom stereocenters. The lowest BCUT2D eigenvalue weighted by molar-refractivity contribution is -0.117. The second-order valence-electron chi connectivity index (χ2n) is 5.52. The molecule has 2 rings (SSSR count). The van der Waals surface area contributed by atoms with Crippen LogP contribution in [-0.4, -0.2) is 13.0 Å². The minimum atomic E-state index is -0.405. The fourth-order valence-corrected chi connectivity index (χ4v) is 2.37. The fraction of sp³-hybridized carbons (Fsp3) is 0.200. The molecule has 0 bridgehead atoms. The van der Waals surface area contributed by atoms with Gasteiger partial charge in [-0.25, -0.2) is 0 Å². The van der Waals surface area contributed by atoms with E-state index in [1.165, 1.54) is 0 Å². The van der Waals surface area contributed by atoms with Crippen molar-refractivity contribution in [3.63, 3.8) is 0 Å². The number of nitrogens with one attached hydrogen (secondary N) is 1. The van der Waals surface area contributed by atoms with Gasteiger partial charge in [-0.15, -0.1) is 0 Å². The molecule has 0 aromatic heterocycles. The Morgan fingerprint density at radius 3 is 2.58 bits per heavy atom. The Kier molecular flexibility index (Phi) is 5.75. The van der Waals surface area contributed by atoms with Crippen LogP contribution >= 0.6 is 0 Å². The first-order valence-electron chi connectivity index (χ1n) is 7.67. The Morgan fingerprint density at radius 2 is 1.96 bits per heavy atom. The fourth-order valence-electron chi connectivity index (χ4n) is 2.37. The van der Waals surface area contributed by atoms with Gasteiger partial charge in [0.25, 0.3) is 5.91 Å². The van der Waals surface area contributed by atoms with E-state index in [-0.39, 0.29) is 11.6 Å². The normalized spacial score (nSPS) is 12.2. The topological polar surface area (TPSA) is 62.1 Å². The van der Waals surface area contributed by atoms with Crippen molar-refractivity contribution >= 4 is 12.0 Å². The number of nitrogens with zero attached hydrogens (tertiary/aromatic N) is 1. The van der Waals surface area contributed by atoms with Crippen LogP contribution in [-0.2, 0) is 4.79 Å². The molecule has 0 aliphatic heterocycles. The van der Waals surface area contributed by atoms with Gasteiger partial charge in [0.1, 0.15) is 17.4 Å². The second kappa shape index (κ2) is 7.98. The van der Waals surface area contributed by atoms with Crippen molar-refractivity contribution in [1.29, 1.82) is 5.26 Å². The Balaban J connectivity index is 2.23. The average molecular weight is 320 g/mol. The van der Waals surface area contributed by atoms with Crippen LogP contribution in [0.4, 0.5) is 0 Å². The molecule has 4 heteroatoms. The third-order valence-electron chi connectivity index (χ3n) is 3.70. The SMILES string of the molecule is COc1ccc(C)cc1/C=C(\C#N)C(=O)NC(C)c1ccccc1. The molecule has 1 N–H and O–H groups in total. The molecular formula is C20H20N2O2. The summed E-state index contributed by atoms with van der Waals surface area (Å²) >= 11 is 0. The summed E-state index contributed by atoms with van der Waals surface area (Å²) in [5.74, 6) is 0.217. The molecule has 0 aliphatic rings. The van der Waals surface area contributed by atoms with E-state index in [1.807, 2.05) is 68.4 Å². The maximum atomic E-state index is 12.4. The Morgan fingerprint density at radius 1 is 1.25 bits per heavy atom. The number of carbonyl (C=O) groups excluding carboxylic acids is 1. The highest BCUT2D eigenvalue weighted by Gasteiger charge is 2.14. The first-order valence-corrected chi connectivity index (χ1v) is 7.67. The zero-order chi connectivity index (χ0) is 17.5. The monoisotopic (exact) mass is 320 g/mol. The minimum absolute atomic E-state index is 0.0432. The van der Waals surface area contributed by atoms with E-state index in [0.29, 0.717) is 11.3 Å². The van der Waals surface area contributed by atoms with Gasteiger partial charge >= 0.3 is 0 Å². The van der Waals surface area contributed by atoms with Gasteiger partial charge in [-0.2, -0.15) is 5.26 Å². The van der Waals surface area contributed by atoms with E-state index in [1.54, 1.807) is 13.2 Å². The molecule has 2 aromatic carbocycles. The first kappa shape index (κ1) is 17.3. The Labute approximate surface area is 142 Å². The highest BCUT2D eigenvalue weighted by Crippen LogP contribution is 2.22. The van der Waals surface area contributed by atoms with Crippen LogP contribution < -0.4 is 10.1 Å². The molecule has 0 heterocycles. The summed E-state index contributed by atoms with van der Waals surface area (Å²) in [6, 6.07) is 17.0. The quantitative estimate of drug-likeness (QED) is 0.673. The summed E-state index contributed by atoms with van der Waals surface area (Å²) in [4.78, 5) is 12.4. The van der Waals surface area contributed by atoms with Crippen LogP contribution in [0.25, 0.3) is 6.08 Å². The number of benzene rings is 2. The zero-order valence-corrected chi connectivity index (χ0v) is 14.0. The third kappa shape index (κ3) is 4.23. The smallest absolute Gasteiger partial charge is 0.262 e. The number of amides is 1. The van der Waals surface area contributed by atoms with Gasteiger partial charge < -0.3 is 10.1 Å². The van der Waals surface area contributed by atoms with E-state index < -0.39 is 5.91 Å². The lowest BCUT2D eigenvalue weighted by Gasteiger charge is -2.14. The molecule has 0 saturated heterocycles. The van der Waals surface area contributed by atoms with E-state index in [2.05, 4.69) is 5.32 Å². The number of ether oxygens (including phenoxy) is 1. The van der Waals surface area contributed by atoms with Gasteiger partial charge in [0.05, 0.1) is 13.2 Å². The number of hydrogen-bond acceptors (Lipinski definition) is 3. The Hall–Kier alpha value is -3.06. The van der Waals surface area contributed by atoms with Crippen molar-refractivity contribution in [1.82, 2.24) is 5.32 Å². The third-order valence-corrected chi connectivity index (χ3v) is 3.70. The number of hydrogen-bond donors (Lipinski definition) is 1. The molecule has 0 saturated carbocycles. The lowest BCUT2D eigenvalue weighted by atomic mass is 10.1. The minimum Gasteiger partial charge on any atom is -0.496 e. The highest BCUT2D eigenvalue weighted by molar-refractivity contribution is 6.02. The highest BCUT2D eigenvalue weighted by atomic mass is 16.5. The predicted octanol–water partition coefficient (Wildman–Crippen LogP) is 3.79. The maximum Gasteiger partial charge on any atom is 0.262 e. The Bertz CT molecular complexity index is 789. The average Bonchev–Trinajstić information content (AvgIpc) is 2.60. The molecular weight excluding hydrogens is 300 g/mol. The summed E-state index contributed by atoms with van der Waals surface area (Å²) in [6.45, 7) is 3.83. The largest absolute Gasteiger partial charge is 0.496 e. The molecule has 4 nitrogen and oxygen atoms in total. The molecule has 2 aromatic rings. The van der Waals surface area contributed by atoms with Gasteiger partial charge in [-0.1, -0.05) is 42.0 Å². The summed E-state index contributed by atoms with van der Waals surface area (Å²) in [5.41, 5.74) is 2.76. The van der Waals surface area contributed by atoms with Gasteiger partial charge in [0.15, 0.2) is 0 Å².